The van der Waals surface area contributed by atoms with Crippen LogP contribution in [0.15, 0.2) is 22.3 Å². The van der Waals surface area contributed by atoms with Crippen molar-refractivity contribution in [2.75, 3.05) is 40.5 Å². The highest BCUT2D eigenvalue weighted by molar-refractivity contribution is 6.04. The van der Waals surface area contributed by atoms with E-state index in [0.29, 0.717) is 24.2 Å². The second-order valence-electron chi connectivity index (χ2n) is 5.97. The summed E-state index contributed by atoms with van der Waals surface area (Å²) in [6.07, 6.45) is -3.29. The highest BCUT2D eigenvalue weighted by atomic mass is 16.6. The molecule has 0 saturated heterocycles. The Kier molecular flexibility index (Phi) is 7.59. The highest BCUT2D eigenvalue weighted by Gasteiger charge is 2.52. The number of hydrogen-bond acceptors (Lipinski definition) is 9. The van der Waals surface area contributed by atoms with Gasteiger partial charge >= 0.3 is 24.1 Å². The van der Waals surface area contributed by atoms with Crippen molar-refractivity contribution >= 4 is 24.1 Å². The van der Waals surface area contributed by atoms with E-state index in [9.17, 15) is 19.2 Å². The lowest BCUT2D eigenvalue weighted by Crippen LogP contribution is -2.31. The van der Waals surface area contributed by atoms with Gasteiger partial charge in [0.2, 0.25) is 0 Å². The molecule has 0 unspecified atom stereocenters. The molecule has 0 aromatic rings. The van der Waals surface area contributed by atoms with E-state index in [2.05, 4.69) is 10.6 Å². The Hall–Kier alpha value is -3.08. The van der Waals surface area contributed by atoms with Crippen molar-refractivity contribution in [2.24, 2.45) is 0 Å². The van der Waals surface area contributed by atoms with E-state index in [1.54, 1.807) is 13.8 Å². The zero-order valence-corrected chi connectivity index (χ0v) is 16.7. The van der Waals surface area contributed by atoms with Gasteiger partial charge in [-0.2, -0.15) is 0 Å². The monoisotopic (exact) mass is 412 g/mol. The van der Waals surface area contributed by atoms with Crippen LogP contribution >= 0.6 is 0 Å². The van der Waals surface area contributed by atoms with Gasteiger partial charge in [-0.15, -0.1) is 0 Å². The first-order chi connectivity index (χ1) is 13.9. The summed E-state index contributed by atoms with van der Waals surface area (Å²) in [6, 6.07) is 0. The molecule has 0 aromatic heterocycles. The molecule has 11 heteroatoms. The van der Waals surface area contributed by atoms with Crippen LogP contribution in [0.3, 0.4) is 0 Å². The first kappa shape index (κ1) is 22.2. The molecule has 2 rings (SSSR count). The van der Waals surface area contributed by atoms with Gasteiger partial charge in [-0.25, -0.2) is 19.2 Å². The standard InChI is InChI=1S/C18H24N2O9/c1-5-19-17(23)27-7-9-10(8-28-18(24)20-6-2)14-12(16(22)26-4)11(13(9)29-14)15(21)25-3/h13-14H,5-8H2,1-4H3,(H,19,23)(H,20,24)/t13-,14-/m1/s1. The molecule has 2 aliphatic rings. The fraction of sp³-hybridized carbons (Fsp3) is 0.556. The molecule has 2 heterocycles. The molecule has 2 bridgehead atoms. The van der Waals surface area contributed by atoms with Gasteiger partial charge in [0.1, 0.15) is 25.4 Å². The van der Waals surface area contributed by atoms with Gasteiger partial charge in [0.25, 0.3) is 0 Å². The maximum Gasteiger partial charge on any atom is 0.407 e. The zero-order valence-electron chi connectivity index (χ0n) is 16.7. The van der Waals surface area contributed by atoms with E-state index in [1.807, 2.05) is 0 Å². The molecule has 2 N–H and O–H groups in total. The normalized spacial score (nSPS) is 19.7. The number of rotatable bonds is 8. The maximum absolute atomic E-state index is 12.3. The van der Waals surface area contributed by atoms with Gasteiger partial charge in [0.15, 0.2) is 0 Å². The number of ether oxygens (including phenoxy) is 5. The number of methoxy groups -OCH3 is 2. The third-order valence-corrected chi connectivity index (χ3v) is 4.30. The zero-order chi connectivity index (χ0) is 21.6. The number of carbonyl (C=O) groups is 4. The predicted octanol–water partition coefficient (Wildman–Crippen LogP) is 0.199. The minimum Gasteiger partial charge on any atom is -0.466 e. The fourth-order valence-corrected chi connectivity index (χ4v) is 3.07. The number of nitrogens with one attached hydrogen (secondary N) is 2. The second kappa shape index (κ2) is 9.92. The van der Waals surface area contributed by atoms with Crippen molar-refractivity contribution < 1.29 is 42.9 Å². The van der Waals surface area contributed by atoms with Crippen LogP contribution in [-0.4, -0.2) is 76.9 Å². The van der Waals surface area contributed by atoms with E-state index in [0.717, 1.165) is 0 Å². The molecular weight excluding hydrogens is 388 g/mol. The van der Waals surface area contributed by atoms with Gasteiger partial charge in [0, 0.05) is 24.2 Å². The average molecular weight is 412 g/mol. The Bertz CT molecular complexity index is 696. The Morgan fingerprint density at radius 1 is 0.793 bits per heavy atom. The number of fused-ring (bicyclic) bond motifs is 2. The number of hydrogen-bond donors (Lipinski definition) is 2. The topological polar surface area (TPSA) is 138 Å². The van der Waals surface area contributed by atoms with Gasteiger partial charge < -0.3 is 34.3 Å². The van der Waals surface area contributed by atoms with Crippen molar-refractivity contribution in [3.8, 4) is 0 Å². The van der Waals surface area contributed by atoms with Crippen LogP contribution in [0.1, 0.15) is 13.8 Å². The molecule has 0 fully saturated rings. The SMILES string of the molecule is CCNC(=O)OCC1=C(COC(=O)NCC)[C@H]2O[C@H]1C(C(=O)OC)=C2C(=O)OC. The smallest absolute Gasteiger partial charge is 0.407 e. The van der Waals surface area contributed by atoms with Gasteiger partial charge in [-0.3, -0.25) is 0 Å². The number of alkyl carbamates (subject to hydrolysis) is 2. The van der Waals surface area contributed by atoms with Gasteiger partial charge in [-0.05, 0) is 13.8 Å². The molecule has 0 saturated carbocycles. The fourth-order valence-electron chi connectivity index (χ4n) is 3.07. The van der Waals surface area contributed by atoms with Crippen LogP contribution in [0.5, 0.6) is 0 Å². The van der Waals surface area contributed by atoms with Crippen LogP contribution in [0.2, 0.25) is 0 Å². The van der Waals surface area contributed by atoms with E-state index in [1.165, 1.54) is 14.2 Å². The van der Waals surface area contributed by atoms with Crippen LogP contribution in [0.4, 0.5) is 9.59 Å². The van der Waals surface area contributed by atoms with E-state index in [4.69, 9.17) is 23.7 Å². The van der Waals surface area contributed by atoms with Crippen LogP contribution in [0, 0.1) is 0 Å². The molecule has 2 amide bonds. The van der Waals surface area contributed by atoms with Crippen LogP contribution in [0.25, 0.3) is 0 Å². The van der Waals surface area contributed by atoms with Crippen molar-refractivity contribution in [3.05, 3.63) is 22.3 Å². The Balaban J connectivity index is 2.34. The second-order valence-corrected chi connectivity index (χ2v) is 5.97. The Labute approximate surface area is 167 Å². The summed E-state index contributed by atoms with van der Waals surface area (Å²) < 4.78 is 25.6. The van der Waals surface area contributed by atoms with Crippen LogP contribution < -0.4 is 10.6 Å². The molecule has 0 radical (unpaired) electrons. The summed E-state index contributed by atoms with van der Waals surface area (Å²) in [5.74, 6) is -1.53. The first-order valence-electron chi connectivity index (χ1n) is 8.98. The lowest BCUT2D eigenvalue weighted by Gasteiger charge is -2.20. The van der Waals surface area contributed by atoms with Crippen molar-refractivity contribution in [1.82, 2.24) is 10.6 Å². The molecule has 2 atom stereocenters. The largest absolute Gasteiger partial charge is 0.466 e. The van der Waals surface area contributed by atoms with E-state index in [-0.39, 0.29) is 24.4 Å². The summed E-state index contributed by atoms with van der Waals surface area (Å²) in [5.41, 5.74) is 0.749. The maximum atomic E-state index is 12.3. The van der Waals surface area contributed by atoms with E-state index >= 15 is 0 Å². The summed E-state index contributed by atoms with van der Waals surface area (Å²) in [5, 5.41) is 4.96. The Morgan fingerprint density at radius 3 is 1.48 bits per heavy atom. The summed E-state index contributed by atoms with van der Waals surface area (Å²) in [6.45, 7) is 3.74. The molecule has 11 nitrogen and oxygen atoms in total. The Morgan fingerprint density at radius 2 is 1.17 bits per heavy atom. The van der Waals surface area contributed by atoms with E-state index < -0.39 is 36.3 Å². The minimum absolute atomic E-state index is 0.0272. The van der Waals surface area contributed by atoms with Crippen molar-refractivity contribution in [1.29, 1.82) is 0 Å². The number of amides is 2. The lowest BCUT2D eigenvalue weighted by atomic mass is 9.86. The van der Waals surface area contributed by atoms with Gasteiger partial charge in [0.05, 0.1) is 25.4 Å². The average Bonchev–Trinajstić information content (AvgIpc) is 3.25. The first-order valence-corrected chi connectivity index (χ1v) is 8.98. The van der Waals surface area contributed by atoms with Crippen molar-refractivity contribution in [3.63, 3.8) is 0 Å². The minimum atomic E-state index is -0.983. The number of esters is 2. The van der Waals surface area contributed by atoms with Gasteiger partial charge in [-0.1, -0.05) is 0 Å². The molecule has 2 aliphatic heterocycles. The molecule has 0 spiro atoms. The molecular formula is C18H24N2O9. The molecule has 0 aliphatic carbocycles. The summed E-state index contributed by atoms with van der Waals surface area (Å²) in [7, 11) is 2.34. The van der Waals surface area contributed by atoms with Crippen LogP contribution in [-0.2, 0) is 33.3 Å². The molecule has 29 heavy (non-hydrogen) atoms. The molecule has 160 valence electrons. The third kappa shape index (κ3) is 4.67. The molecule has 0 aromatic carbocycles. The third-order valence-electron chi connectivity index (χ3n) is 4.30. The summed E-state index contributed by atoms with van der Waals surface area (Å²) in [4.78, 5) is 47.9. The summed E-state index contributed by atoms with van der Waals surface area (Å²) >= 11 is 0. The van der Waals surface area contributed by atoms with Crippen molar-refractivity contribution in [2.45, 2.75) is 26.1 Å². The highest BCUT2D eigenvalue weighted by Crippen LogP contribution is 2.44. The quantitative estimate of drug-likeness (QED) is 0.325. The predicted molar refractivity (Wildman–Crippen MR) is 96.8 cm³/mol. The number of carbonyl (C=O) groups excluding carboxylic acids is 4. The lowest BCUT2D eigenvalue weighted by molar-refractivity contribution is -0.139.